The van der Waals surface area contributed by atoms with Crippen LogP contribution in [0.5, 0.6) is 0 Å². The number of hydrogen-bond acceptors (Lipinski definition) is 2. The van der Waals surface area contributed by atoms with Crippen molar-refractivity contribution in [2.45, 2.75) is 13.1 Å². The van der Waals surface area contributed by atoms with Gasteiger partial charge in [-0.05, 0) is 36.8 Å². The largest absolute Gasteiger partial charge is 1.00 e. The molecule has 0 amide bonds. The molecule has 3 rings (SSSR count). The average Bonchev–Trinajstić information content (AvgIpc) is 2.68. The highest BCUT2D eigenvalue weighted by Gasteiger charge is 2.53. The van der Waals surface area contributed by atoms with Crippen LogP contribution >= 0.6 is 7.26 Å². The average molecular weight is 385 g/mol. The van der Waals surface area contributed by atoms with Crippen LogP contribution in [0.1, 0.15) is 12.5 Å². The first-order valence-corrected chi connectivity index (χ1v) is 10.5. The van der Waals surface area contributed by atoms with Crippen molar-refractivity contribution in [3.63, 3.8) is 0 Å². The Balaban J connectivity index is 0.00000243. The minimum Gasteiger partial charge on any atom is -1.00 e. The zero-order valence-electron chi connectivity index (χ0n) is 14.7. The molecule has 0 atom stereocenters. The first-order valence-electron chi connectivity index (χ1n) is 8.48. The van der Waals surface area contributed by atoms with Crippen molar-refractivity contribution in [1.82, 2.24) is 0 Å². The summed E-state index contributed by atoms with van der Waals surface area (Å²) in [5.41, 5.74) is 1.05. The molecule has 0 aromatic heterocycles. The van der Waals surface area contributed by atoms with E-state index in [1.165, 1.54) is 0 Å². The molecule has 0 aliphatic heterocycles. The second-order valence-electron chi connectivity index (χ2n) is 5.82. The second kappa shape index (κ2) is 9.52. The van der Waals surface area contributed by atoms with Crippen molar-refractivity contribution >= 4 is 23.6 Å². The smallest absolute Gasteiger partial charge is 0.461 e. The first-order chi connectivity index (χ1) is 12.3. The van der Waals surface area contributed by atoms with Crippen LogP contribution in [0.2, 0.25) is 0 Å². The fraction of sp³-hybridized carbons (Fsp3) is 0.136. The van der Waals surface area contributed by atoms with Gasteiger partial charge < -0.3 is 17.1 Å². The van der Waals surface area contributed by atoms with Gasteiger partial charge in [0, 0.05) is 0 Å². The highest BCUT2D eigenvalue weighted by molar-refractivity contribution is 8.01. The van der Waals surface area contributed by atoms with Crippen LogP contribution in [-0.2, 0) is 10.9 Å². The van der Waals surface area contributed by atoms with Gasteiger partial charge in [-0.2, -0.15) is 0 Å². The van der Waals surface area contributed by atoms with Crippen molar-refractivity contribution < 1.29 is 21.9 Å². The van der Waals surface area contributed by atoms with E-state index in [1.807, 2.05) is 61.5 Å². The van der Waals surface area contributed by atoms with Crippen molar-refractivity contribution in [3.8, 4) is 0 Å². The molecular weight excluding hydrogens is 363 g/mol. The molecule has 0 saturated carbocycles. The lowest BCUT2D eigenvalue weighted by Crippen LogP contribution is -3.00. The SMILES string of the molecule is CCOC(=O)[P+](Cc1ccccc1)(c1ccccc1)c1ccccc1.[Cl-]. The van der Waals surface area contributed by atoms with E-state index in [0.717, 1.165) is 16.2 Å². The molecule has 2 nitrogen and oxygen atoms in total. The lowest BCUT2D eigenvalue weighted by molar-refractivity contribution is -0.00000972. The van der Waals surface area contributed by atoms with Crippen LogP contribution in [0.3, 0.4) is 0 Å². The molecule has 3 aromatic carbocycles. The molecule has 0 radical (unpaired) electrons. The van der Waals surface area contributed by atoms with E-state index in [-0.39, 0.29) is 18.1 Å². The molecule has 0 aliphatic rings. The molecule has 3 aromatic rings. The maximum Gasteiger partial charge on any atom is 0.461 e. The van der Waals surface area contributed by atoms with E-state index in [9.17, 15) is 4.79 Å². The monoisotopic (exact) mass is 384 g/mol. The predicted molar refractivity (Wildman–Crippen MR) is 106 cm³/mol. The van der Waals surface area contributed by atoms with Gasteiger partial charge in [0.15, 0.2) is 0 Å². The minimum absolute atomic E-state index is 0. The fourth-order valence-electron chi connectivity index (χ4n) is 3.06. The molecule has 4 heteroatoms. The topological polar surface area (TPSA) is 26.3 Å². The zero-order chi connectivity index (χ0) is 17.5. The molecule has 0 aliphatic carbocycles. The van der Waals surface area contributed by atoms with Gasteiger partial charge in [0.05, 0.1) is 6.61 Å². The van der Waals surface area contributed by atoms with Crippen LogP contribution < -0.4 is 23.0 Å². The molecule has 0 spiro atoms. The molecule has 0 N–H and O–H groups in total. The summed E-state index contributed by atoms with van der Waals surface area (Å²) in [6.45, 7) is 2.25. The Morgan fingerprint density at radius 3 is 1.62 bits per heavy atom. The van der Waals surface area contributed by atoms with Gasteiger partial charge in [-0.15, -0.1) is 0 Å². The number of carbonyl (C=O) groups excluding carboxylic acids is 1. The second-order valence-corrected chi connectivity index (χ2v) is 9.16. The summed E-state index contributed by atoms with van der Waals surface area (Å²) in [4.78, 5) is 13.3. The van der Waals surface area contributed by atoms with Gasteiger partial charge in [0.1, 0.15) is 16.8 Å². The number of benzene rings is 3. The third-order valence-electron chi connectivity index (χ3n) is 4.24. The van der Waals surface area contributed by atoms with Crippen LogP contribution in [0, 0.1) is 0 Å². The molecule has 0 heterocycles. The van der Waals surface area contributed by atoms with E-state index in [4.69, 9.17) is 4.74 Å². The van der Waals surface area contributed by atoms with Gasteiger partial charge in [-0.3, -0.25) is 0 Å². The summed E-state index contributed by atoms with van der Waals surface area (Å²) in [5, 5.41) is 2.12. The van der Waals surface area contributed by atoms with Crippen LogP contribution in [0.25, 0.3) is 0 Å². The zero-order valence-corrected chi connectivity index (χ0v) is 16.4. The lowest BCUT2D eigenvalue weighted by atomic mass is 10.2. The van der Waals surface area contributed by atoms with Gasteiger partial charge >= 0.3 is 5.71 Å². The molecule has 26 heavy (non-hydrogen) atoms. The summed E-state index contributed by atoms with van der Waals surface area (Å²) < 4.78 is 5.60. The highest BCUT2D eigenvalue weighted by atomic mass is 35.5. The van der Waals surface area contributed by atoms with E-state index in [0.29, 0.717) is 12.8 Å². The molecule has 0 bridgehead atoms. The fourth-order valence-corrected chi connectivity index (χ4v) is 6.75. The van der Waals surface area contributed by atoms with E-state index in [1.54, 1.807) is 0 Å². The Bertz CT molecular complexity index is 768. The highest BCUT2D eigenvalue weighted by Crippen LogP contribution is 2.60. The van der Waals surface area contributed by atoms with E-state index >= 15 is 0 Å². The minimum atomic E-state index is -2.39. The van der Waals surface area contributed by atoms with Crippen molar-refractivity contribution in [2.75, 3.05) is 6.61 Å². The van der Waals surface area contributed by atoms with Gasteiger partial charge in [-0.1, -0.05) is 66.7 Å². The maximum absolute atomic E-state index is 13.3. The van der Waals surface area contributed by atoms with Crippen LogP contribution in [0.4, 0.5) is 4.79 Å². The standard InChI is InChI=1S/C22H22O2P.ClH/c1-2-24-22(23)25(20-14-8-4-9-15-20,21-16-10-5-11-17-21)18-19-12-6-3-7-13-19;/h3-17H,2,18H2,1H3;1H/q+1;/p-1. The van der Waals surface area contributed by atoms with Crippen molar-refractivity contribution in [3.05, 3.63) is 96.6 Å². The molecular formula is C22H22ClO2P. The Morgan fingerprint density at radius 1 is 0.769 bits per heavy atom. The van der Waals surface area contributed by atoms with E-state index in [2.05, 4.69) is 36.4 Å². The lowest BCUT2D eigenvalue weighted by Gasteiger charge is -2.24. The summed E-state index contributed by atoms with van der Waals surface area (Å²) in [6, 6.07) is 30.4. The quantitative estimate of drug-likeness (QED) is 0.608. The van der Waals surface area contributed by atoms with Crippen LogP contribution in [-0.4, -0.2) is 12.3 Å². The van der Waals surface area contributed by atoms with E-state index < -0.39 is 7.26 Å². The summed E-state index contributed by atoms with van der Waals surface area (Å²) in [5.74, 6) is 0. The third kappa shape index (κ3) is 4.15. The molecule has 134 valence electrons. The third-order valence-corrected chi connectivity index (χ3v) is 8.19. The number of ether oxygens (including phenoxy) is 1. The molecule has 0 saturated heterocycles. The normalized spacial score (nSPS) is 10.7. The number of halogens is 1. The van der Waals surface area contributed by atoms with Gasteiger partial charge in [0.25, 0.3) is 0 Å². The Hall–Kier alpha value is -2.15. The predicted octanol–water partition coefficient (Wildman–Crippen LogP) is 2.02. The molecule has 0 fully saturated rings. The summed E-state index contributed by atoms with van der Waals surface area (Å²) in [7, 11) is -2.39. The Kier molecular flexibility index (Phi) is 7.38. The summed E-state index contributed by atoms with van der Waals surface area (Å²) >= 11 is 0. The number of hydrogen-bond donors (Lipinski definition) is 0. The van der Waals surface area contributed by atoms with Crippen molar-refractivity contribution in [1.29, 1.82) is 0 Å². The Labute approximate surface area is 162 Å². The summed E-state index contributed by atoms with van der Waals surface area (Å²) in [6.07, 6.45) is 0.667. The van der Waals surface area contributed by atoms with Crippen molar-refractivity contribution in [2.24, 2.45) is 0 Å². The number of rotatable bonds is 6. The maximum atomic E-state index is 13.3. The molecule has 0 unspecified atom stereocenters. The number of carbonyl (C=O) groups is 1. The first kappa shape index (κ1) is 20.2. The Morgan fingerprint density at radius 2 is 1.19 bits per heavy atom. The van der Waals surface area contributed by atoms with Gasteiger partial charge in [0.2, 0.25) is 7.26 Å². The van der Waals surface area contributed by atoms with Crippen LogP contribution in [0.15, 0.2) is 91.0 Å². The van der Waals surface area contributed by atoms with Gasteiger partial charge in [-0.25, -0.2) is 4.79 Å².